The van der Waals surface area contributed by atoms with Crippen molar-refractivity contribution in [1.29, 1.82) is 0 Å². The third kappa shape index (κ3) is 4.11. The summed E-state index contributed by atoms with van der Waals surface area (Å²) in [4.78, 5) is 9.51. The van der Waals surface area contributed by atoms with Crippen molar-refractivity contribution in [3.63, 3.8) is 0 Å². The van der Waals surface area contributed by atoms with Crippen molar-refractivity contribution in [1.82, 2.24) is 9.80 Å². The van der Waals surface area contributed by atoms with Gasteiger partial charge in [0.1, 0.15) is 0 Å². The highest BCUT2D eigenvalue weighted by atomic mass is 15.3. The number of aliphatic imine (C=N–C) groups is 1. The van der Waals surface area contributed by atoms with Gasteiger partial charge in [-0.25, -0.2) is 0 Å². The molecule has 2 aliphatic heterocycles. The van der Waals surface area contributed by atoms with Gasteiger partial charge in [0.05, 0.1) is 6.54 Å². The molecule has 0 aromatic rings. The average Bonchev–Trinajstić information content (AvgIpc) is 2.45. The number of rotatable bonds is 3. The first-order chi connectivity index (χ1) is 9.58. The topological polar surface area (TPSA) is 44.9 Å². The van der Waals surface area contributed by atoms with Gasteiger partial charge in [-0.1, -0.05) is 13.3 Å². The molecule has 0 amide bonds. The van der Waals surface area contributed by atoms with Gasteiger partial charge in [0.25, 0.3) is 0 Å². The Morgan fingerprint density at radius 3 is 2.50 bits per heavy atom. The molecule has 2 aliphatic rings. The summed E-state index contributed by atoms with van der Waals surface area (Å²) in [6.45, 7) is 11.2. The summed E-state index contributed by atoms with van der Waals surface area (Å²) in [5.41, 5.74) is 6.16. The van der Waals surface area contributed by atoms with E-state index >= 15 is 0 Å². The number of hydrogen-bond acceptors (Lipinski definition) is 2. The van der Waals surface area contributed by atoms with E-state index in [-0.39, 0.29) is 0 Å². The van der Waals surface area contributed by atoms with Crippen LogP contribution in [0.15, 0.2) is 4.99 Å². The molecule has 2 atom stereocenters. The summed E-state index contributed by atoms with van der Waals surface area (Å²) in [5, 5.41) is 0. The van der Waals surface area contributed by atoms with E-state index in [1.165, 1.54) is 38.6 Å². The SMILES string of the molecule is CC1CCN(C(N)=NCC(C)N2CCCCC2C)CC1. The Bertz CT molecular complexity index is 320. The minimum Gasteiger partial charge on any atom is -0.370 e. The van der Waals surface area contributed by atoms with E-state index in [1.54, 1.807) is 0 Å². The number of nitrogens with two attached hydrogens (primary N) is 1. The first-order valence-electron chi connectivity index (χ1n) is 8.38. The average molecular weight is 280 g/mol. The van der Waals surface area contributed by atoms with E-state index in [9.17, 15) is 0 Å². The Balaban J connectivity index is 1.81. The van der Waals surface area contributed by atoms with Crippen LogP contribution in [0.4, 0.5) is 0 Å². The summed E-state index contributed by atoms with van der Waals surface area (Å²) in [5.74, 6) is 1.60. The predicted octanol–water partition coefficient (Wildman–Crippen LogP) is 2.30. The summed E-state index contributed by atoms with van der Waals surface area (Å²) in [6.07, 6.45) is 6.52. The molecule has 2 saturated heterocycles. The maximum Gasteiger partial charge on any atom is 0.191 e. The number of likely N-dealkylation sites (tertiary alicyclic amines) is 2. The van der Waals surface area contributed by atoms with Crippen LogP contribution in [-0.4, -0.2) is 54.0 Å². The van der Waals surface area contributed by atoms with Crippen molar-refractivity contribution in [3.8, 4) is 0 Å². The van der Waals surface area contributed by atoms with E-state index in [2.05, 4.69) is 35.6 Å². The second kappa shape index (κ2) is 7.30. The number of nitrogens with zero attached hydrogens (tertiary/aromatic N) is 3. The molecule has 2 fully saturated rings. The highest BCUT2D eigenvalue weighted by Crippen LogP contribution is 2.19. The van der Waals surface area contributed by atoms with Crippen molar-refractivity contribution >= 4 is 5.96 Å². The van der Waals surface area contributed by atoms with Gasteiger partial charge in [-0.3, -0.25) is 9.89 Å². The molecular formula is C16H32N4. The third-order valence-electron chi connectivity index (χ3n) is 5.05. The van der Waals surface area contributed by atoms with Crippen LogP contribution in [0, 0.1) is 5.92 Å². The lowest BCUT2D eigenvalue weighted by atomic mass is 10.00. The molecule has 0 aromatic heterocycles. The Hall–Kier alpha value is -0.770. The Morgan fingerprint density at radius 2 is 1.85 bits per heavy atom. The van der Waals surface area contributed by atoms with Crippen molar-refractivity contribution in [2.45, 2.75) is 65.0 Å². The van der Waals surface area contributed by atoms with Gasteiger partial charge in [-0.15, -0.1) is 0 Å². The van der Waals surface area contributed by atoms with E-state index in [4.69, 9.17) is 5.73 Å². The van der Waals surface area contributed by atoms with E-state index in [0.717, 1.165) is 31.5 Å². The summed E-state index contributed by atoms with van der Waals surface area (Å²) >= 11 is 0. The van der Waals surface area contributed by atoms with Crippen LogP contribution in [0.2, 0.25) is 0 Å². The fourth-order valence-corrected chi connectivity index (χ4v) is 3.44. The van der Waals surface area contributed by atoms with Gasteiger partial charge in [0.2, 0.25) is 0 Å². The molecule has 4 nitrogen and oxygen atoms in total. The van der Waals surface area contributed by atoms with E-state index in [0.29, 0.717) is 12.1 Å². The third-order valence-corrected chi connectivity index (χ3v) is 5.05. The van der Waals surface area contributed by atoms with Crippen LogP contribution in [0.25, 0.3) is 0 Å². The van der Waals surface area contributed by atoms with Gasteiger partial charge < -0.3 is 10.6 Å². The summed E-state index contributed by atoms with van der Waals surface area (Å²) in [7, 11) is 0. The summed E-state index contributed by atoms with van der Waals surface area (Å²) in [6, 6.07) is 1.21. The normalized spacial score (nSPS) is 28.6. The van der Waals surface area contributed by atoms with Crippen LogP contribution in [-0.2, 0) is 0 Å². The minimum absolute atomic E-state index is 0.507. The smallest absolute Gasteiger partial charge is 0.191 e. The molecule has 2 N–H and O–H groups in total. The molecule has 2 heterocycles. The number of piperidine rings is 2. The Morgan fingerprint density at radius 1 is 1.15 bits per heavy atom. The molecule has 20 heavy (non-hydrogen) atoms. The van der Waals surface area contributed by atoms with Gasteiger partial charge in [0.15, 0.2) is 5.96 Å². The van der Waals surface area contributed by atoms with Crippen molar-refractivity contribution in [2.75, 3.05) is 26.2 Å². The Labute approximate surface area is 124 Å². The zero-order valence-electron chi connectivity index (χ0n) is 13.5. The molecule has 0 bridgehead atoms. The maximum absolute atomic E-state index is 6.16. The van der Waals surface area contributed by atoms with Crippen LogP contribution >= 0.6 is 0 Å². The van der Waals surface area contributed by atoms with E-state index < -0.39 is 0 Å². The second-order valence-electron chi connectivity index (χ2n) is 6.80. The lowest BCUT2D eigenvalue weighted by Gasteiger charge is -2.37. The molecule has 0 radical (unpaired) electrons. The Kier molecular flexibility index (Phi) is 5.70. The lowest BCUT2D eigenvalue weighted by Crippen LogP contribution is -2.46. The van der Waals surface area contributed by atoms with Crippen molar-refractivity contribution in [2.24, 2.45) is 16.6 Å². The number of hydrogen-bond donors (Lipinski definition) is 1. The zero-order valence-corrected chi connectivity index (χ0v) is 13.5. The fourth-order valence-electron chi connectivity index (χ4n) is 3.44. The molecule has 0 spiro atoms. The van der Waals surface area contributed by atoms with Crippen LogP contribution in [0.3, 0.4) is 0 Å². The highest BCUT2D eigenvalue weighted by Gasteiger charge is 2.23. The second-order valence-corrected chi connectivity index (χ2v) is 6.80. The van der Waals surface area contributed by atoms with Crippen LogP contribution < -0.4 is 5.73 Å². The van der Waals surface area contributed by atoms with Crippen LogP contribution in [0.5, 0.6) is 0 Å². The van der Waals surface area contributed by atoms with Crippen molar-refractivity contribution < 1.29 is 0 Å². The molecule has 4 heteroatoms. The summed E-state index contributed by atoms with van der Waals surface area (Å²) < 4.78 is 0. The fraction of sp³-hybridized carbons (Fsp3) is 0.938. The van der Waals surface area contributed by atoms with Crippen LogP contribution in [0.1, 0.15) is 52.9 Å². The molecule has 0 saturated carbocycles. The lowest BCUT2D eigenvalue weighted by molar-refractivity contribution is 0.118. The first-order valence-corrected chi connectivity index (χ1v) is 8.38. The molecule has 0 aliphatic carbocycles. The molecule has 2 rings (SSSR count). The highest BCUT2D eigenvalue weighted by molar-refractivity contribution is 5.78. The molecule has 2 unspecified atom stereocenters. The zero-order chi connectivity index (χ0) is 14.5. The standard InChI is InChI=1S/C16H32N4/c1-13-7-10-19(11-8-13)16(17)18-12-15(3)20-9-5-4-6-14(20)2/h13-15H,4-12H2,1-3H3,(H2,17,18). The minimum atomic E-state index is 0.507. The quantitative estimate of drug-likeness (QED) is 0.637. The van der Waals surface area contributed by atoms with Gasteiger partial charge >= 0.3 is 0 Å². The number of guanidine groups is 1. The predicted molar refractivity (Wildman–Crippen MR) is 85.9 cm³/mol. The molecule has 116 valence electrons. The maximum atomic E-state index is 6.16. The van der Waals surface area contributed by atoms with Crippen molar-refractivity contribution in [3.05, 3.63) is 0 Å². The molecular weight excluding hydrogens is 248 g/mol. The first kappa shape index (κ1) is 15.6. The largest absolute Gasteiger partial charge is 0.370 e. The van der Waals surface area contributed by atoms with Gasteiger partial charge in [-0.2, -0.15) is 0 Å². The molecule has 0 aromatic carbocycles. The van der Waals surface area contributed by atoms with E-state index in [1.807, 2.05) is 0 Å². The van der Waals surface area contributed by atoms with Gasteiger partial charge in [0, 0.05) is 25.2 Å². The monoisotopic (exact) mass is 280 g/mol. The van der Waals surface area contributed by atoms with Gasteiger partial charge in [-0.05, 0) is 52.0 Å².